The van der Waals surface area contributed by atoms with Gasteiger partial charge in [0.05, 0.1) is 36.8 Å². The molecule has 0 saturated carbocycles. The van der Waals surface area contributed by atoms with Crippen LogP contribution in [0.25, 0.3) is 22.4 Å². The number of pyridine rings is 1. The molecule has 0 fully saturated rings. The van der Waals surface area contributed by atoms with Crippen molar-refractivity contribution >= 4 is 22.6 Å². The van der Waals surface area contributed by atoms with Gasteiger partial charge in [0.15, 0.2) is 0 Å². The Morgan fingerprint density at radius 1 is 1.07 bits per heavy atom. The van der Waals surface area contributed by atoms with Gasteiger partial charge in [-0.3, -0.25) is 9.37 Å². The first-order chi connectivity index (χ1) is 13.2. The third kappa shape index (κ3) is 3.55. The summed E-state index contributed by atoms with van der Waals surface area (Å²) in [5, 5.41) is 0.595. The van der Waals surface area contributed by atoms with Crippen molar-refractivity contribution in [2.24, 2.45) is 0 Å². The van der Waals surface area contributed by atoms with E-state index in [0.717, 1.165) is 28.4 Å². The monoisotopic (exact) mass is 387 g/mol. The summed E-state index contributed by atoms with van der Waals surface area (Å²) in [6.45, 7) is 0.365. The standard InChI is InChI=1S/C19H16ClF2N5/c20-15-2-3-16-17(7-15)27(5-1-4-21)19(25-16)14-6-13(8-23-9-14)11-26-12-24-10-18(26)22/h2-3,6-10,12H,1,4-5,11H2. The van der Waals surface area contributed by atoms with Crippen molar-refractivity contribution < 1.29 is 8.78 Å². The van der Waals surface area contributed by atoms with Crippen molar-refractivity contribution in [2.75, 3.05) is 6.67 Å². The van der Waals surface area contributed by atoms with Crippen LogP contribution in [0, 0.1) is 5.95 Å². The van der Waals surface area contributed by atoms with Crippen LogP contribution in [-0.2, 0) is 13.1 Å². The number of fused-ring (bicyclic) bond motifs is 1. The number of hydrogen-bond acceptors (Lipinski definition) is 3. The maximum absolute atomic E-state index is 13.7. The van der Waals surface area contributed by atoms with Gasteiger partial charge in [-0.1, -0.05) is 11.6 Å². The van der Waals surface area contributed by atoms with Gasteiger partial charge in [-0.05, 0) is 36.2 Å². The Hall–Kier alpha value is -2.80. The van der Waals surface area contributed by atoms with Crippen LogP contribution in [0.15, 0.2) is 49.2 Å². The fourth-order valence-electron chi connectivity index (χ4n) is 3.07. The zero-order valence-electron chi connectivity index (χ0n) is 14.3. The minimum Gasteiger partial charge on any atom is -0.324 e. The number of halogens is 3. The molecule has 0 unspecified atom stereocenters. The fraction of sp³-hybridized carbons (Fsp3) is 0.211. The molecule has 0 aliphatic carbocycles. The highest BCUT2D eigenvalue weighted by molar-refractivity contribution is 6.31. The van der Waals surface area contributed by atoms with Crippen molar-refractivity contribution in [3.8, 4) is 11.4 Å². The van der Waals surface area contributed by atoms with E-state index in [9.17, 15) is 8.78 Å². The van der Waals surface area contributed by atoms with Crippen LogP contribution in [0.1, 0.15) is 12.0 Å². The topological polar surface area (TPSA) is 48.5 Å². The van der Waals surface area contributed by atoms with E-state index in [1.807, 2.05) is 22.8 Å². The quantitative estimate of drug-likeness (QED) is 0.489. The molecule has 0 spiro atoms. The van der Waals surface area contributed by atoms with E-state index in [1.54, 1.807) is 18.5 Å². The van der Waals surface area contributed by atoms with Crippen LogP contribution in [0.3, 0.4) is 0 Å². The number of benzene rings is 1. The van der Waals surface area contributed by atoms with Gasteiger partial charge in [0.1, 0.15) is 5.82 Å². The highest BCUT2D eigenvalue weighted by Crippen LogP contribution is 2.27. The number of aryl methyl sites for hydroxylation is 1. The molecule has 0 atom stereocenters. The molecule has 8 heteroatoms. The third-order valence-electron chi connectivity index (χ3n) is 4.29. The van der Waals surface area contributed by atoms with Crippen molar-refractivity contribution in [3.63, 3.8) is 0 Å². The molecule has 0 aliphatic rings. The van der Waals surface area contributed by atoms with Crippen LogP contribution in [-0.4, -0.2) is 30.8 Å². The molecule has 0 radical (unpaired) electrons. The molecular formula is C19H16ClF2N5. The normalized spacial score (nSPS) is 11.4. The van der Waals surface area contributed by atoms with Crippen molar-refractivity contribution in [3.05, 3.63) is 65.7 Å². The number of rotatable bonds is 6. The molecule has 0 saturated heterocycles. The predicted molar refractivity (Wildman–Crippen MR) is 99.9 cm³/mol. The molecule has 0 bridgehead atoms. The van der Waals surface area contributed by atoms with Crippen LogP contribution in [0.2, 0.25) is 5.02 Å². The summed E-state index contributed by atoms with van der Waals surface area (Å²) in [7, 11) is 0. The molecule has 3 aromatic heterocycles. The zero-order chi connectivity index (χ0) is 18.8. The average Bonchev–Trinajstić information content (AvgIpc) is 3.23. The molecule has 0 aliphatic heterocycles. The lowest BCUT2D eigenvalue weighted by molar-refractivity contribution is 0.450. The molecular weight excluding hydrogens is 372 g/mol. The summed E-state index contributed by atoms with van der Waals surface area (Å²) in [6.07, 6.45) is 6.34. The second-order valence-electron chi connectivity index (χ2n) is 6.19. The lowest BCUT2D eigenvalue weighted by Crippen LogP contribution is -2.04. The minimum absolute atomic E-state index is 0.309. The van der Waals surface area contributed by atoms with Crippen LogP contribution < -0.4 is 0 Å². The molecule has 4 rings (SSSR count). The van der Waals surface area contributed by atoms with Gasteiger partial charge >= 0.3 is 0 Å². The van der Waals surface area contributed by atoms with E-state index in [-0.39, 0.29) is 0 Å². The number of nitrogens with zero attached hydrogens (tertiary/aromatic N) is 5. The van der Waals surface area contributed by atoms with Crippen molar-refractivity contribution in [2.45, 2.75) is 19.5 Å². The third-order valence-corrected chi connectivity index (χ3v) is 4.53. The summed E-state index contributed by atoms with van der Waals surface area (Å²) in [4.78, 5) is 12.7. The van der Waals surface area contributed by atoms with Gasteiger partial charge in [0.25, 0.3) is 0 Å². The van der Waals surface area contributed by atoms with E-state index in [1.165, 1.54) is 10.9 Å². The Bertz CT molecular complexity index is 1090. The Balaban J connectivity index is 1.77. The van der Waals surface area contributed by atoms with Crippen LogP contribution >= 0.6 is 11.6 Å². The molecule has 0 amide bonds. The molecule has 4 aromatic rings. The number of alkyl halides is 1. The fourth-order valence-corrected chi connectivity index (χ4v) is 3.24. The maximum Gasteiger partial charge on any atom is 0.213 e. The van der Waals surface area contributed by atoms with E-state index < -0.39 is 12.6 Å². The number of aromatic nitrogens is 5. The molecule has 27 heavy (non-hydrogen) atoms. The van der Waals surface area contributed by atoms with Gasteiger partial charge in [0.2, 0.25) is 5.95 Å². The van der Waals surface area contributed by atoms with Crippen molar-refractivity contribution in [1.82, 2.24) is 24.1 Å². The first-order valence-corrected chi connectivity index (χ1v) is 8.85. The molecule has 1 aromatic carbocycles. The second kappa shape index (κ2) is 7.44. The maximum atomic E-state index is 13.7. The summed E-state index contributed by atoms with van der Waals surface area (Å²) in [5.74, 6) is 0.270. The highest BCUT2D eigenvalue weighted by Gasteiger charge is 2.14. The second-order valence-corrected chi connectivity index (χ2v) is 6.63. The summed E-state index contributed by atoms with van der Waals surface area (Å²) in [5.41, 5.74) is 3.21. The Labute approximate surface area is 159 Å². The zero-order valence-corrected chi connectivity index (χ0v) is 15.1. The number of imidazole rings is 2. The van der Waals surface area contributed by atoms with Crippen LogP contribution in [0.5, 0.6) is 0 Å². The lowest BCUT2D eigenvalue weighted by Gasteiger charge is -2.10. The lowest BCUT2D eigenvalue weighted by atomic mass is 10.2. The summed E-state index contributed by atoms with van der Waals surface area (Å²) in [6, 6.07) is 7.34. The van der Waals surface area contributed by atoms with Gasteiger partial charge in [-0.25, -0.2) is 9.97 Å². The van der Waals surface area contributed by atoms with Gasteiger partial charge in [0, 0.05) is 29.5 Å². The minimum atomic E-state index is -0.419. The molecule has 5 nitrogen and oxygen atoms in total. The number of hydrogen-bond donors (Lipinski definition) is 0. The van der Waals surface area contributed by atoms with Crippen LogP contribution in [0.4, 0.5) is 8.78 Å². The average molecular weight is 388 g/mol. The summed E-state index contributed by atoms with van der Waals surface area (Å²) < 4.78 is 29.8. The first kappa shape index (κ1) is 17.6. The van der Waals surface area contributed by atoms with E-state index in [2.05, 4.69) is 15.0 Å². The molecule has 138 valence electrons. The smallest absolute Gasteiger partial charge is 0.213 e. The first-order valence-electron chi connectivity index (χ1n) is 8.47. The Morgan fingerprint density at radius 3 is 2.74 bits per heavy atom. The SMILES string of the molecule is FCCCn1c(-c2cncc(Cn3cncc3F)c2)nc2ccc(Cl)cc21. The van der Waals surface area contributed by atoms with Gasteiger partial charge < -0.3 is 9.13 Å². The van der Waals surface area contributed by atoms with Gasteiger partial charge in [-0.15, -0.1) is 0 Å². The van der Waals surface area contributed by atoms with Crippen molar-refractivity contribution in [1.29, 1.82) is 0 Å². The Morgan fingerprint density at radius 2 is 1.96 bits per heavy atom. The Kier molecular flexibility index (Phi) is 4.85. The molecule has 3 heterocycles. The van der Waals surface area contributed by atoms with Gasteiger partial charge in [-0.2, -0.15) is 4.39 Å². The molecule has 0 N–H and O–H groups in total. The largest absolute Gasteiger partial charge is 0.324 e. The van der Waals surface area contributed by atoms with E-state index >= 15 is 0 Å². The highest BCUT2D eigenvalue weighted by atomic mass is 35.5. The predicted octanol–water partition coefficient (Wildman–Crippen LogP) is 4.50. The van der Waals surface area contributed by atoms with E-state index in [4.69, 9.17) is 11.6 Å². The summed E-state index contributed by atoms with van der Waals surface area (Å²) >= 11 is 6.13. The van der Waals surface area contributed by atoms with E-state index in [0.29, 0.717) is 30.4 Å².